The molecule has 2 rings (SSSR count). The van der Waals surface area contributed by atoms with Gasteiger partial charge in [0.2, 0.25) is 5.82 Å². The summed E-state index contributed by atoms with van der Waals surface area (Å²) in [4.78, 5) is 14.0. The lowest BCUT2D eigenvalue weighted by Gasteiger charge is -2.08. The molecule has 0 saturated carbocycles. The molecule has 0 radical (unpaired) electrons. The number of nitrogens with zero attached hydrogens (tertiary/aromatic N) is 2. The maximum absolute atomic E-state index is 13.1. The first-order valence-corrected chi connectivity index (χ1v) is 5.76. The SMILES string of the molecule is O=[N+]([O-])c1ccc(Cl)nc1Nc1cc(F)ccc1Cl. The van der Waals surface area contributed by atoms with Crippen LogP contribution < -0.4 is 5.32 Å². The molecule has 0 amide bonds. The van der Waals surface area contributed by atoms with Gasteiger partial charge in [0.25, 0.3) is 0 Å². The van der Waals surface area contributed by atoms with E-state index in [1.165, 1.54) is 24.3 Å². The zero-order valence-corrected chi connectivity index (χ0v) is 10.7. The van der Waals surface area contributed by atoms with Crippen molar-refractivity contribution in [1.29, 1.82) is 0 Å². The van der Waals surface area contributed by atoms with Gasteiger partial charge in [-0.1, -0.05) is 23.2 Å². The number of hydrogen-bond donors (Lipinski definition) is 1. The molecule has 8 heteroatoms. The van der Waals surface area contributed by atoms with Crippen LogP contribution >= 0.6 is 23.2 Å². The number of nitro groups is 1. The second-order valence-corrected chi connectivity index (χ2v) is 4.30. The first kappa shape index (κ1) is 13.5. The van der Waals surface area contributed by atoms with Gasteiger partial charge < -0.3 is 5.32 Å². The standard InChI is InChI=1S/C11H6Cl2FN3O2/c12-7-2-1-6(14)5-8(7)15-11-9(17(18)19)3-4-10(13)16-11/h1-5H,(H,15,16). The smallest absolute Gasteiger partial charge is 0.311 e. The molecule has 1 heterocycles. The van der Waals surface area contributed by atoms with E-state index in [2.05, 4.69) is 10.3 Å². The topological polar surface area (TPSA) is 68.1 Å². The minimum absolute atomic E-state index is 0.0700. The van der Waals surface area contributed by atoms with E-state index in [1.54, 1.807) is 0 Å². The third-order valence-corrected chi connectivity index (χ3v) is 2.76. The lowest BCUT2D eigenvalue weighted by Crippen LogP contribution is -2.00. The van der Waals surface area contributed by atoms with Gasteiger partial charge in [-0.15, -0.1) is 0 Å². The van der Waals surface area contributed by atoms with Crippen LogP contribution in [0.4, 0.5) is 21.6 Å². The minimum atomic E-state index is -0.626. The zero-order valence-electron chi connectivity index (χ0n) is 9.23. The summed E-state index contributed by atoms with van der Waals surface area (Å²) in [6, 6.07) is 6.10. The Morgan fingerprint density at radius 2 is 2.00 bits per heavy atom. The van der Waals surface area contributed by atoms with Gasteiger partial charge >= 0.3 is 5.69 Å². The fourth-order valence-corrected chi connectivity index (χ4v) is 1.70. The van der Waals surface area contributed by atoms with Gasteiger partial charge in [-0.05, 0) is 24.3 Å². The Hall–Kier alpha value is -1.92. The van der Waals surface area contributed by atoms with E-state index < -0.39 is 10.7 Å². The summed E-state index contributed by atoms with van der Waals surface area (Å²) in [5.74, 6) is -0.637. The Balaban J connectivity index is 2.45. The normalized spacial score (nSPS) is 10.3. The van der Waals surface area contributed by atoms with Gasteiger partial charge in [0, 0.05) is 6.07 Å². The highest BCUT2D eigenvalue weighted by atomic mass is 35.5. The first-order chi connectivity index (χ1) is 8.97. The van der Waals surface area contributed by atoms with Gasteiger partial charge in [-0.2, -0.15) is 0 Å². The molecule has 2 aromatic rings. The molecule has 0 fully saturated rings. The van der Waals surface area contributed by atoms with Gasteiger partial charge in [0.15, 0.2) is 0 Å². The Morgan fingerprint density at radius 1 is 1.26 bits per heavy atom. The zero-order chi connectivity index (χ0) is 14.0. The molecule has 0 saturated heterocycles. The van der Waals surface area contributed by atoms with Crippen molar-refractivity contribution in [1.82, 2.24) is 4.98 Å². The highest BCUT2D eigenvalue weighted by Gasteiger charge is 2.17. The monoisotopic (exact) mass is 301 g/mol. The highest BCUT2D eigenvalue weighted by molar-refractivity contribution is 6.33. The summed E-state index contributed by atoms with van der Waals surface area (Å²) >= 11 is 11.5. The average molecular weight is 302 g/mol. The van der Waals surface area contributed by atoms with Crippen molar-refractivity contribution in [3.8, 4) is 0 Å². The fraction of sp³-hybridized carbons (Fsp3) is 0. The van der Waals surface area contributed by atoms with Gasteiger partial charge in [0.1, 0.15) is 11.0 Å². The predicted molar refractivity (Wildman–Crippen MR) is 70.6 cm³/mol. The number of pyridine rings is 1. The van der Waals surface area contributed by atoms with Crippen LogP contribution in [0.1, 0.15) is 0 Å². The van der Waals surface area contributed by atoms with Gasteiger partial charge in [-0.25, -0.2) is 9.37 Å². The Labute approximate surface area is 117 Å². The molecule has 0 bridgehead atoms. The molecule has 1 aromatic carbocycles. The second kappa shape index (κ2) is 5.38. The third-order valence-electron chi connectivity index (χ3n) is 2.22. The lowest BCUT2D eigenvalue weighted by molar-refractivity contribution is -0.384. The minimum Gasteiger partial charge on any atom is -0.333 e. The van der Waals surface area contributed by atoms with Crippen molar-refractivity contribution >= 4 is 40.4 Å². The Kier molecular flexibility index (Phi) is 3.82. The maximum atomic E-state index is 13.1. The molecular formula is C11H6Cl2FN3O2. The number of aromatic nitrogens is 1. The molecular weight excluding hydrogens is 296 g/mol. The summed E-state index contributed by atoms with van der Waals surface area (Å²) in [5, 5.41) is 13.7. The Morgan fingerprint density at radius 3 is 2.68 bits per heavy atom. The van der Waals surface area contributed by atoms with Crippen LogP contribution in [0.3, 0.4) is 0 Å². The summed E-state index contributed by atoms with van der Waals surface area (Å²) in [6.07, 6.45) is 0. The van der Waals surface area contributed by atoms with Crippen LogP contribution in [-0.4, -0.2) is 9.91 Å². The summed E-state index contributed by atoms with van der Waals surface area (Å²) in [5.41, 5.74) is -0.121. The summed E-state index contributed by atoms with van der Waals surface area (Å²) in [7, 11) is 0. The van der Waals surface area contributed by atoms with Crippen LogP contribution in [0.5, 0.6) is 0 Å². The molecule has 0 aliphatic carbocycles. The number of nitrogens with one attached hydrogen (secondary N) is 1. The fourth-order valence-electron chi connectivity index (χ4n) is 1.39. The average Bonchev–Trinajstić information content (AvgIpc) is 2.33. The molecule has 0 aliphatic heterocycles. The number of hydrogen-bond acceptors (Lipinski definition) is 4. The van der Waals surface area contributed by atoms with E-state index in [-0.39, 0.29) is 27.4 Å². The molecule has 0 spiro atoms. The van der Waals surface area contributed by atoms with Crippen molar-refractivity contribution < 1.29 is 9.31 Å². The van der Waals surface area contributed by atoms with Crippen LogP contribution in [0.15, 0.2) is 30.3 Å². The maximum Gasteiger partial charge on any atom is 0.311 e. The molecule has 19 heavy (non-hydrogen) atoms. The van der Waals surface area contributed by atoms with E-state index in [9.17, 15) is 14.5 Å². The molecule has 5 nitrogen and oxygen atoms in total. The van der Waals surface area contributed by atoms with Crippen molar-refractivity contribution in [3.05, 3.63) is 56.4 Å². The molecule has 0 aliphatic rings. The number of rotatable bonds is 3. The van der Waals surface area contributed by atoms with E-state index >= 15 is 0 Å². The van der Waals surface area contributed by atoms with Crippen molar-refractivity contribution in [3.63, 3.8) is 0 Å². The third kappa shape index (κ3) is 3.10. The van der Waals surface area contributed by atoms with E-state index in [4.69, 9.17) is 23.2 Å². The van der Waals surface area contributed by atoms with Crippen LogP contribution in [0, 0.1) is 15.9 Å². The molecule has 98 valence electrons. The van der Waals surface area contributed by atoms with Crippen LogP contribution in [0.2, 0.25) is 10.2 Å². The predicted octanol–water partition coefficient (Wildman–Crippen LogP) is 4.18. The van der Waals surface area contributed by atoms with Gasteiger partial charge in [-0.3, -0.25) is 10.1 Å². The van der Waals surface area contributed by atoms with E-state index in [1.807, 2.05) is 0 Å². The van der Waals surface area contributed by atoms with E-state index in [0.717, 1.165) is 6.07 Å². The Bertz CT molecular complexity index is 652. The number of halogens is 3. The lowest BCUT2D eigenvalue weighted by atomic mass is 10.3. The van der Waals surface area contributed by atoms with Crippen LogP contribution in [0.25, 0.3) is 0 Å². The second-order valence-electron chi connectivity index (χ2n) is 3.51. The van der Waals surface area contributed by atoms with Crippen molar-refractivity contribution in [2.75, 3.05) is 5.32 Å². The van der Waals surface area contributed by atoms with Crippen LogP contribution in [-0.2, 0) is 0 Å². The number of anilines is 2. The highest BCUT2D eigenvalue weighted by Crippen LogP contribution is 2.30. The molecule has 1 aromatic heterocycles. The van der Waals surface area contributed by atoms with Crippen molar-refractivity contribution in [2.24, 2.45) is 0 Å². The quantitative estimate of drug-likeness (QED) is 0.524. The largest absolute Gasteiger partial charge is 0.333 e. The summed E-state index contributed by atoms with van der Waals surface area (Å²) in [6.45, 7) is 0. The van der Waals surface area contributed by atoms with Gasteiger partial charge in [0.05, 0.1) is 15.6 Å². The number of benzene rings is 1. The first-order valence-electron chi connectivity index (χ1n) is 5.00. The summed E-state index contributed by atoms with van der Waals surface area (Å²) < 4.78 is 13.1. The molecule has 0 atom stereocenters. The molecule has 0 unspecified atom stereocenters. The molecule has 1 N–H and O–H groups in total. The van der Waals surface area contributed by atoms with Crippen molar-refractivity contribution in [2.45, 2.75) is 0 Å². The van der Waals surface area contributed by atoms with E-state index in [0.29, 0.717) is 0 Å².